The maximum atomic E-state index is 11.7. The van der Waals surface area contributed by atoms with Crippen molar-refractivity contribution in [3.63, 3.8) is 0 Å². The number of unbranched alkanes of at least 4 members (excludes halogenated alkanes) is 1. The van der Waals surface area contributed by atoms with Crippen LogP contribution in [-0.4, -0.2) is 11.7 Å². The highest BCUT2D eigenvalue weighted by Gasteiger charge is 2.04. The lowest BCUT2D eigenvalue weighted by atomic mass is 10.1. The Morgan fingerprint density at radius 1 is 1.10 bits per heavy atom. The van der Waals surface area contributed by atoms with Crippen molar-refractivity contribution in [1.82, 2.24) is 5.32 Å². The molecule has 0 aliphatic heterocycles. The molecule has 0 aliphatic rings. The van der Waals surface area contributed by atoms with Crippen molar-refractivity contribution in [2.75, 3.05) is 0 Å². The summed E-state index contributed by atoms with van der Waals surface area (Å²) in [6, 6.07) is 7.47. The molecule has 0 fully saturated rings. The molecule has 1 N–H and O–H groups in total. The highest BCUT2D eigenvalue weighted by atomic mass is 16.1. The summed E-state index contributed by atoms with van der Waals surface area (Å²) in [6.07, 6.45) is 4.36. The van der Waals surface area contributed by atoms with Gasteiger partial charge in [0.25, 0.3) is 0 Å². The van der Waals surface area contributed by atoms with Crippen molar-refractivity contribution in [3.05, 3.63) is 35.4 Å². The molecule has 0 atom stereocenters. The SMILES string of the molecule is CCC(=O)c1ccc(CNC(=O)CCCCC(C)C)cc1. The molecule has 1 rings (SSSR count). The summed E-state index contributed by atoms with van der Waals surface area (Å²) in [5.41, 5.74) is 1.76. The number of ketones is 1. The van der Waals surface area contributed by atoms with Crippen LogP contribution < -0.4 is 5.32 Å². The molecule has 0 saturated carbocycles. The molecule has 0 radical (unpaired) electrons. The summed E-state index contributed by atoms with van der Waals surface area (Å²) in [5, 5.41) is 2.93. The molecular weight excluding hydrogens is 262 g/mol. The van der Waals surface area contributed by atoms with E-state index in [2.05, 4.69) is 19.2 Å². The van der Waals surface area contributed by atoms with Gasteiger partial charge in [0.05, 0.1) is 0 Å². The Bertz CT molecular complexity index is 449. The summed E-state index contributed by atoms with van der Waals surface area (Å²) in [7, 11) is 0. The average Bonchev–Trinajstić information content (AvgIpc) is 2.49. The summed E-state index contributed by atoms with van der Waals surface area (Å²) in [5.74, 6) is 0.959. The number of rotatable bonds is 9. The van der Waals surface area contributed by atoms with Gasteiger partial charge in [-0.25, -0.2) is 0 Å². The van der Waals surface area contributed by atoms with E-state index in [9.17, 15) is 9.59 Å². The first-order valence-corrected chi connectivity index (χ1v) is 7.91. The van der Waals surface area contributed by atoms with E-state index in [0.29, 0.717) is 25.3 Å². The van der Waals surface area contributed by atoms with Crippen molar-refractivity contribution in [2.24, 2.45) is 5.92 Å². The first-order valence-electron chi connectivity index (χ1n) is 7.91. The van der Waals surface area contributed by atoms with Gasteiger partial charge in [0, 0.05) is 24.9 Å². The van der Waals surface area contributed by atoms with Gasteiger partial charge in [-0.2, -0.15) is 0 Å². The third kappa shape index (κ3) is 7.07. The molecule has 3 nitrogen and oxygen atoms in total. The molecule has 1 aromatic carbocycles. The molecule has 21 heavy (non-hydrogen) atoms. The molecule has 0 bridgehead atoms. The van der Waals surface area contributed by atoms with Crippen LogP contribution in [-0.2, 0) is 11.3 Å². The standard InChI is InChI=1S/C18H27NO2/c1-4-17(20)16-11-9-15(10-12-16)13-19-18(21)8-6-5-7-14(2)3/h9-12,14H,4-8,13H2,1-3H3,(H,19,21). The zero-order valence-electron chi connectivity index (χ0n) is 13.4. The fourth-order valence-electron chi connectivity index (χ4n) is 2.14. The fourth-order valence-corrected chi connectivity index (χ4v) is 2.14. The first-order chi connectivity index (χ1) is 10.0. The molecule has 0 unspecified atom stereocenters. The van der Waals surface area contributed by atoms with E-state index in [-0.39, 0.29) is 11.7 Å². The number of Topliss-reactive ketones (excluding diaryl/α,β-unsaturated/α-hetero) is 1. The highest BCUT2D eigenvalue weighted by Crippen LogP contribution is 2.09. The predicted octanol–water partition coefficient (Wildman–Crippen LogP) is 4.11. The van der Waals surface area contributed by atoms with Crippen LogP contribution >= 0.6 is 0 Å². The average molecular weight is 289 g/mol. The topological polar surface area (TPSA) is 46.2 Å². The minimum Gasteiger partial charge on any atom is -0.352 e. The Balaban J connectivity index is 2.28. The smallest absolute Gasteiger partial charge is 0.220 e. The lowest BCUT2D eigenvalue weighted by Crippen LogP contribution is -2.22. The van der Waals surface area contributed by atoms with E-state index in [4.69, 9.17) is 0 Å². The summed E-state index contributed by atoms with van der Waals surface area (Å²) < 4.78 is 0. The second-order valence-corrected chi connectivity index (χ2v) is 5.89. The Morgan fingerprint density at radius 3 is 2.33 bits per heavy atom. The minimum absolute atomic E-state index is 0.104. The van der Waals surface area contributed by atoms with Crippen LogP contribution in [0.15, 0.2) is 24.3 Å². The third-order valence-electron chi connectivity index (χ3n) is 3.52. The lowest BCUT2D eigenvalue weighted by Gasteiger charge is -2.07. The van der Waals surface area contributed by atoms with Gasteiger partial charge in [-0.05, 0) is 17.9 Å². The Kier molecular flexibility index (Phi) is 7.73. The van der Waals surface area contributed by atoms with E-state index in [1.54, 1.807) is 0 Å². The maximum absolute atomic E-state index is 11.7. The van der Waals surface area contributed by atoms with Crippen LogP contribution in [0.1, 0.15) is 68.8 Å². The van der Waals surface area contributed by atoms with Crippen LogP contribution in [0.2, 0.25) is 0 Å². The zero-order valence-corrected chi connectivity index (χ0v) is 13.4. The fraction of sp³-hybridized carbons (Fsp3) is 0.556. The maximum Gasteiger partial charge on any atom is 0.220 e. The molecule has 116 valence electrons. The van der Waals surface area contributed by atoms with Gasteiger partial charge in [0.1, 0.15) is 0 Å². The lowest BCUT2D eigenvalue weighted by molar-refractivity contribution is -0.121. The monoisotopic (exact) mass is 289 g/mol. The molecule has 0 heterocycles. The number of amides is 1. The molecule has 0 spiro atoms. The normalized spacial score (nSPS) is 10.7. The predicted molar refractivity (Wildman–Crippen MR) is 86.2 cm³/mol. The van der Waals surface area contributed by atoms with Crippen LogP contribution in [0.25, 0.3) is 0 Å². The second kappa shape index (κ2) is 9.32. The number of carbonyl (C=O) groups excluding carboxylic acids is 2. The van der Waals surface area contributed by atoms with Crippen molar-refractivity contribution in [1.29, 1.82) is 0 Å². The van der Waals surface area contributed by atoms with E-state index >= 15 is 0 Å². The van der Waals surface area contributed by atoms with Crippen molar-refractivity contribution < 1.29 is 9.59 Å². The molecule has 0 aromatic heterocycles. The number of benzene rings is 1. The highest BCUT2D eigenvalue weighted by molar-refractivity contribution is 5.95. The van der Waals surface area contributed by atoms with E-state index < -0.39 is 0 Å². The molecular formula is C18H27NO2. The molecule has 1 amide bonds. The van der Waals surface area contributed by atoms with Crippen molar-refractivity contribution >= 4 is 11.7 Å². The Morgan fingerprint density at radius 2 is 1.76 bits per heavy atom. The Hall–Kier alpha value is -1.64. The van der Waals surface area contributed by atoms with Gasteiger partial charge >= 0.3 is 0 Å². The van der Waals surface area contributed by atoms with Gasteiger partial charge in [0.2, 0.25) is 5.91 Å². The van der Waals surface area contributed by atoms with E-state index in [0.717, 1.165) is 24.0 Å². The summed E-state index contributed by atoms with van der Waals surface area (Å²) in [6.45, 7) is 6.79. The zero-order chi connectivity index (χ0) is 15.7. The quantitative estimate of drug-likeness (QED) is 0.549. The summed E-state index contributed by atoms with van der Waals surface area (Å²) >= 11 is 0. The van der Waals surface area contributed by atoms with Gasteiger partial charge in [-0.1, -0.05) is 57.9 Å². The van der Waals surface area contributed by atoms with E-state index in [1.165, 1.54) is 6.42 Å². The molecule has 0 aliphatic carbocycles. The molecule has 1 aromatic rings. The van der Waals surface area contributed by atoms with Crippen LogP contribution in [0.4, 0.5) is 0 Å². The number of hydrogen-bond acceptors (Lipinski definition) is 2. The Labute approximate surface area is 128 Å². The van der Waals surface area contributed by atoms with Crippen LogP contribution in [0.5, 0.6) is 0 Å². The largest absolute Gasteiger partial charge is 0.352 e. The van der Waals surface area contributed by atoms with Crippen LogP contribution in [0.3, 0.4) is 0 Å². The first kappa shape index (κ1) is 17.4. The second-order valence-electron chi connectivity index (χ2n) is 5.89. The third-order valence-corrected chi connectivity index (χ3v) is 3.52. The van der Waals surface area contributed by atoms with Gasteiger partial charge in [-0.15, -0.1) is 0 Å². The number of nitrogens with one attached hydrogen (secondary N) is 1. The minimum atomic E-state index is 0.104. The van der Waals surface area contributed by atoms with Gasteiger partial charge in [-0.3, -0.25) is 9.59 Å². The van der Waals surface area contributed by atoms with Crippen molar-refractivity contribution in [2.45, 2.75) is 59.4 Å². The molecule has 3 heteroatoms. The summed E-state index contributed by atoms with van der Waals surface area (Å²) in [4.78, 5) is 23.2. The van der Waals surface area contributed by atoms with Crippen LogP contribution in [0, 0.1) is 5.92 Å². The van der Waals surface area contributed by atoms with Gasteiger partial charge < -0.3 is 5.32 Å². The molecule has 0 saturated heterocycles. The number of hydrogen-bond donors (Lipinski definition) is 1. The van der Waals surface area contributed by atoms with Crippen molar-refractivity contribution in [3.8, 4) is 0 Å². The van der Waals surface area contributed by atoms with E-state index in [1.807, 2.05) is 31.2 Å². The van der Waals surface area contributed by atoms with Gasteiger partial charge in [0.15, 0.2) is 5.78 Å². The number of carbonyl (C=O) groups is 2.